The van der Waals surface area contributed by atoms with Crippen molar-refractivity contribution >= 4 is 146 Å². The minimum atomic E-state index is -2.19. The van der Waals surface area contributed by atoms with Crippen LogP contribution >= 0.6 is 0 Å². The first-order valence-electron chi connectivity index (χ1n) is 4.30. The monoisotopic (exact) mass is 935 g/mol. The molecule has 0 amide bonds. The van der Waals surface area contributed by atoms with Gasteiger partial charge in [0.05, 0.1) is 35.8 Å². The van der Waals surface area contributed by atoms with Gasteiger partial charge in [-0.2, -0.15) is 0 Å². The van der Waals surface area contributed by atoms with Gasteiger partial charge in [0, 0.05) is 22.4 Å². The molecule has 0 aliphatic rings. The van der Waals surface area contributed by atoms with Gasteiger partial charge in [0.25, 0.3) is 0 Å². The average molecular weight is 934 g/mol. The van der Waals surface area contributed by atoms with E-state index in [0.717, 1.165) is 0 Å². The standard InChI is InChI=1S/4C2H2O4.2Ba.6H2O.O.Ta/c4*3-1(4)2(5)6;;;;;;;;;;/h4*(H,3,4)(H,5,6);;;6*1H2;;/q;;;;2*+2;;;;;;;-2;/p-6. The fourth-order valence-corrected chi connectivity index (χ4v) is 0. The van der Waals surface area contributed by atoms with E-state index in [1.54, 1.807) is 0 Å². The fourth-order valence-electron chi connectivity index (χ4n) is 0. The van der Waals surface area contributed by atoms with Crippen LogP contribution in [0.3, 0.4) is 0 Å². The predicted molar refractivity (Wildman–Crippen MR) is 79.2 cm³/mol. The van der Waals surface area contributed by atoms with Crippen LogP contribution < -0.4 is 30.6 Å². The summed E-state index contributed by atoms with van der Waals surface area (Å²) in [6.45, 7) is 0. The minimum absolute atomic E-state index is 0. The van der Waals surface area contributed by atoms with Crippen molar-refractivity contribution in [1.82, 2.24) is 0 Å². The van der Waals surface area contributed by atoms with Crippen LogP contribution in [0.4, 0.5) is 0 Å². The van der Waals surface area contributed by atoms with Crippen LogP contribution in [0.15, 0.2) is 0 Å². The maximum atomic E-state index is 9.10. The third kappa shape index (κ3) is 123. The number of hydrogen-bond acceptors (Lipinski definition) is 14. The summed E-state index contributed by atoms with van der Waals surface area (Å²) in [7, 11) is 0. The molecular weight excluding hydrogens is 920 g/mol. The first-order valence-corrected chi connectivity index (χ1v) is 4.30. The van der Waals surface area contributed by atoms with E-state index in [1.165, 1.54) is 0 Å². The zero-order valence-corrected chi connectivity index (χ0v) is 28.0. The van der Waals surface area contributed by atoms with Gasteiger partial charge in [-0.05, 0) is 0 Å². The Morgan fingerprint density at radius 1 is 0.382 bits per heavy atom. The van der Waals surface area contributed by atoms with Crippen molar-refractivity contribution in [3.63, 3.8) is 0 Å². The van der Waals surface area contributed by atoms with E-state index in [9.17, 15) is 0 Å². The van der Waals surface area contributed by atoms with Gasteiger partial charge in [-0.1, -0.05) is 0 Å². The number of carboxylic acid groups (broad SMARTS) is 8. The van der Waals surface area contributed by atoms with Gasteiger partial charge >= 0.3 is 110 Å². The largest absolute Gasteiger partial charge is 2.00 e. The topological polar surface area (TPSA) is 533 Å². The predicted octanol–water partition coefficient (Wildman–Crippen LogP) is -17.2. The zero-order chi connectivity index (χ0) is 20.6. The van der Waals surface area contributed by atoms with Gasteiger partial charge in [0.2, 0.25) is 0 Å². The van der Waals surface area contributed by atoms with E-state index >= 15 is 0 Å². The van der Waals surface area contributed by atoms with Crippen LogP contribution in [-0.2, 0) is 66.2 Å². The van der Waals surface area contributed by atoms with E-state index in [4.69, 9.17) is 79.2 Å². The average Bonchev–Trinajstić information content (AvgIpc) is 2.40. The van der Waals surface area contributed by atoms with Gasteiger partial charge in [-0.15, -0.1) is 0 Å². The summed E-state index contributed by atoms with van der Waals surface area (Å²) in [5.41, 5.74) is 0. The number of aliphatic carboxylic acids is 8. The van der Waals surface area contributed by atoms with Crippen molar-refractivity contribution in [3.8, 4) is 0 Å². The van der Waals surface area contributed by atoms with Gasteiger partial charge in [0.1, 0.15) is 0 Å². The summed E-state index contributed by atoms with van der Waals surface area (Å²) in [5, 5.41) is 68.3. The minimum Gasteiger partial charge on any atom is -2.00 e. The summed E-state index contributed by atoms with van der Waals surface area (Å²) >= 11 is 0. The van der Waals surface area contributed by atoms with E-state index in [0.29, 0.717) is 0 Å². The molecule has 23 nitrogen and oxygen atoms in total. The van der Waals surface area contributed by atoms with E-state index in [-0.39, 0.29) is 158 Å². The van der Waals surface area contributed by atoms with Crippen LogP contribution in [0, 0.1) is 0 Å². The molecule has 0 fully saturated rings. The maximum Gasteiger partial charge on any atom is 2.00 e. The second kappa shape index (κ2) is 58.3. The van der Waals surface area contributed by atoms with Crippen molar-refractivity contribution in [2.75, 3.05) is 0 Å². The molecular formula is C8H14Ba2O23Ta-4. The molecule has 34 heavy (non-hydrogen) atoms. The maximum absolute atomic E-state index is 9.10. The fraction of sp³-hybridized carbons (Fsp3) is 0. The van der Waals surface area contributed by atoms with Crippen LogP contribution in [0.25, 0.3) is 0 Å². The quantitative estimate of drug-likeness (QED) is 0.168. The smallest absolute Gasteiger partial charge is 2.00 e. The normalized spacial score (nSPS) is 5.18. The molecule has 0 aromatic rings. The molecule has 14 N–H and O–H groups in total. The third-order valence-electron chi connectivity index (χ3n) is 0.683. The van der Waals surface area contributed by atoms with E-state index < -0.39 is 47.8 Å². The van der Waals surface area contributed by atoms with Crippen molar-refractivity contribution in [2.45, 2.75) is 0 Å². The van der Waals surface area contributed by atoms with Crippen LogP contribution in [0.2, 0.25) is 0 Å². The Bertz CT molecular complexity index is 403. The molecule has 0 unspecified atom stereocenters. The van der Waals surface area contributed by atoms with E-state index in [2.05, 4.69) is 0 Å². The number of carbonyl (C=O) groups excluding carboxylic acids is 6. The Morgan fingerprint density at radius 2 is 0.441 bits per heavy atom. The number of carboxylic acids is 8. The molecule has 0 saturated carbocycles. The van der Waals surface area contributed by atoms with Gasteiger partial charge in [-0.3, -0.25) is 0 Å². The molecule has 0 rings (SSSR count). The Labute approximate surface area is 281 Å². The molecule has 1 radical (unpaired) electrons. The Kier molecular flexibility index (Phi) is 160. The second-order valence-corrected chi connectivity index (χ2v) is 2.34. The number of carbonyl (C=O) groups is 8. The molecule has 0 aromatic heterocycles. The van der Waals surface area contributed by atoms with Crippen molar-refractivity contribution < 1.29 is 140 Å². The molecule has 197 valence electrons. The summed E-state index contributed by atoms with van der Waals surface area (Å²) in [6, 6.07) is 0. The molecule has 0 atom stereocenters. The van der Waals surface area contributed by atoms with Crippen molar-refractivity contribution in [1.29, 1.82) is 0 Å². The molecule has 0 bridgehead atoms. The van der Waals surface area contributed by atoms with Gasteiger partial charge in [0.15, 0.2) is 0 Å². The Hall–Kier alpha value is -0.637. The SMILES string of the molecule is O.O.O.O.O.O.O=C(O)C(=O)O.O=C([O-])C(=O)[O-].O=C([O-])C(=O)[O-].O=C([O-])C(=O)[O-].[Ba+2].[Ba+2].[O-2].[Ta]. The molecule has 0 aliphatic carbocycles. The molecule has 0 aromatic carbocycles. The van der Waals surface area contributed by atoms with Gasteiger partial charge < -0.3 is 108 Å². The van der Waals surface area contributed by atoms with E-state index in [1.807, 2.05) is 0 Å². The van der Waals surface area contributed by atoms with Crippen LogP contribution in [0.1, 0.15) is 0 Å². The first kappa shape index (κ1) is 93.2. The van der Waals surface area contributed by atoms with Gasteiger partial charge in [-0.25, -0.2) is 9.59 Å². The Morgan fingerprint density at radius 3 is 0.441 bits per heavy atom. The first-order chi connectivity index (χ1) is 10.6. The summed E-state index contributed by atoms with van der Waals surface area (Å²) in [6.07, 6.45) is 0. The van der Waals surface area contributed by atoms with Crippen molar-refractivity contribution in [2.24, 2.45) is 0 Å². The molecule has 0 spiro atoms. The third-order valence-corrected chi connectivity index (χ3v) is 0.683. The zero-order valence-electron chi connectivity index (χ0n) is 15.9. The van der Waals surface area contributed by atoms with Crippen molar-refractivity contribution in [3.05, 3.63) is 0 Å². The number of rotatable bonds is 0. The summed E-state index contributed by atoms with van der Waals surface area (Å²) < 4.78 is 0. The molecule has 0 heterocycles. The second-order valence-electron chi connectivity index (χ2n) is 2.34. The van der Waals surface area contributed by atoms with Crippen LogP contribution in [0.5, 0.6) is 0 Å². The number of hydrogen-bond donors (Lipinski definition) is 2. The summed E-state index contributed by atoms with van der Waals surface area (Å²) in [5.74, 6) is -16.8. The molecule has 0 saturated heterocycles. The molecule has 26 heteroatoms. The summed E-state index contributed by atoms with van der Waals surface area (Å²) in [4.78, 5) is 71.8. The van der Waals surface area contributed by atoms with Crippen LogP contribution in [-0.4, -0.2) is 189 Å². The molecule has 0 aliphatic heterocycles. The Balaban J connectivity index is -0.0000000119.